The maximum absolute atomic E-state index is 12.2. The van der Waals surface area contributed by atoms with Gasteiger partial charge in [0.1, 0.15) is 0 Å². The van der Waals surface area contributed by atoms with Crippen molar-refractivity contribution >= 4 is 23.8 Å². The molecule has 1 unspecified atom stereocenters. The average Bonchev–Trinajstić information content (AvgIpc) is 2.46. The van der Waals surface area contributed by atoms with Crippen molar-refractivity contribution in [2.24, 2.45) is 5.92 Å². The van der Waals surface area contributed by atoms with Gasteiger partial charge in [0.25, 0.3) is 0 Å². The van der Waals surface area contributed by atoms with Crippen LogP contribution in [0.1, 0.15) is 38.5 Å². The van der Waals surface area contributed by atoms with Gasteiger partial charge in [0.2, 0.25) is 0 Å². The van der Waals surface area contributed by atoms with Crippen LogP contribution < -0.4 is 5.32 Å². The van der Waals surface area contributed by atoms with Gasteiger partial charge in [0.05, 0.1) is 6.42 Å². The minimum Gasteiger partial charge on any atom is -0.481 e. The van der Waals surface area contributed by atoms with E-state index < -0.39 is 5.97 Å². The number of carboxylic acid groups (broad SMARTS) is 1. The molecule has 0 bridgehead atoms. The lowest BCUT2D eigenvalue weighted by Crippen LogP contribution is -2.50. The number of nitrogens with one attached hydrogen (secondary N) is 1. The number of amides is 2. The second kappa shape index (κ2) is 7.76. The Hall–Kier alpha value is -0.910. The first-order valence-electron chi connectivity index (χ1n) is 7.51. The number of thioether (sulfide) groups is 1. The molecule has 0 spiro atoms. The van der Waals surface area contributed by atoms with Gasteiger partial charge in [-0.2, -0.15) is 11.8 Å². The Labute approximate surface area is 124 Å². The van der Waals surface area contributed by atoms with Gasteiger partial charge in [-0.25, -0.2) is 4.79 Å². The van der Waals surface area contributed by atoms with Gasteiger partial charge >= 0.3 is 12.0 Å². The lowest BCUT2D eigenvalue weighted by atomic mass is 9.99. The lowest BCUT2D eigenvalue weighted by Gasteiger charge is -2.35. The van der Waals surface area contributed by atoms with E-state index in [1.165, 1.54) is 24.3 Å². The topological polar surface area (TPSA) is 69.6 Å². The van der Waals surface area contributed by atoms with Crippen LogP contribution in [0.3, 0.4) is 0 Å². The SMILES string of the molecule is O=C(O)CC1CCCCN1C(=O)NCC1CCSCC1. The Balaban J connectivity index is 1.80. The molecule has 2 amide bonds. The summed E-state index contributed by atoms with van der Waals surface area (Å²) < 4.78 is 0. The Bertz CT molecular complexity index is 345. The highest BCUT2D eigenvalue weighted by Gasteiger charge is 2.28. The summed E-state index contributed by atoms with van der Waals surface area (Å²) in [4.78, 5) is 24.9. The highest BCUT2D eigenvalue weighted by Crippen LogP contribution is 2.23. The smallest absolute Gasteiger partial charge is 0.317 e. The number of carbonyl (C=O) groups excluding carboxylic acids is 1. The second-order valence-corrected chi connectivity index (χ2v) is 6.91. The van der Waals surface area contributed by atoms with Crippen molar-refractivity contribution in [1.82, 2.24) is 10.2 Å². The molecule has 0 radical (unpaired) electrons. The molecule has 2 aliphatic rings. The molecule has 2 rings (SSSR count). The molecular formula is C14H24N2O3S. The van der Waals surface area contributed by atoms with Gasteiger partial charge in [-0.1, -0.05) is 0 Å². The van der Waals surface area contributed by atoms with Crippen LogP contribution in [0.15, 0.2) is 0 Å². The highest BCUT2D eigenvalue weighted by molar-refractivity contribution is 7.99. The predicted molar refractivity (Wildman–Crippen MR) is 80.0 cm³/mol. The number of carbonyl (C=O) groups is 2. The van der Waals surface area contributed by atoms with Crippen LogP contribution in [0.25, 0.3) is 0 Å². The fraction of sp³-hybridized carbons (Fsp3) is 0.857. The van der Waals surface area contributed by atoms with E-state index in [4.69, 9.17) is 5.11 Å². The normalized spacial score (nSPS) is 24.4. The highest BCUT2D eigenvalue weighted by atomic mass is 32.2. The third-order valence-corrected chi connectivity index (χ3v) is 5.23. The summed E-state index contributed by atoms with van der Waals surface area (Å²) >= 11 is 1.98. The molecule has 6 heteroatoms. The number of piperidine rings is 1. The molecule has 0 aromatic rings. The minimum atomic E-state index is -0.820. The number of hydrogen-bond acceptors (Lipinski definition) is 3. The number of carboxylic acids is 1. The van der Waals surface area contributed by atoms with Gasteiger partial charge in [-0.3, -0.25) is 4.79 Å². The summed E-state index contributed by atoms with van der Waals surface area (Å²) in [6.07, 6.45) is 5.20. The molecule has 2 fully saturated rings. The molecule has 0 aromatic heterocycles. The van der Waals surface area contributed by atoms with E-state index in [1.807, 2.05) is 11.8 Å². The molecule has 0 aliphatic carbocycles. The van der Waals surface area contributed by atoms with E-state index in [9.17, 15) is 9.59 Å². The second-order valence-electron chi connectivity index (χ2n) is 5.68. The van der Waals surface area contributed by atoms with Crippen LogP contribution in [-0.2, 0) is 4.79 Å². The van der Waals surface area contributed by atoms with Gasteiger partial charge in [0, 0.05) is 19.1 Å². The molecule has 5 nitrogen and oxygen atoms in total. The Kier molecular flexibility index (Phi) is 6.01. The van der Waals surface area contributed by atoms with Crippen molar-refractivity contribution in [3.8, 4) is 0 Å². The van der Waals surface area contributed by atoms with Gasteiger partial charge < -0.3 is 15.3 Å². The van der Waals surface area contributed by atoms with Crippen LogP contribution in [0.4, 0.5) is 4.79 Å². The maximum atomic E-state index is 12.2. The van der Waals surface area contributed by atoms with Gasteiger partial charge in [-0.15, -0.1) is 0 Å². The van der Waals surface area contributed by atoms with Crippen molar-refractivity contribution in [3.63, 3.8) is 0 Å². The van der Waals surface area contributed by atoms with Crippen LogP contribution >= 0.6 is 11.8 Å². The van der Waals surface area contributed by atoms with E-state index in [2.05, 4.69) is 5.32 Å². The van der Waals surface area contributed by atoms with E-state index in [1.54, 1.807) is 4.90 Å². The first-order valence-corrected chi connectivity index (χ1v) is 8.66. The number of likely N-dealkylation sites (tertiary alicyclic amines) is 1. The zero-order valence-corrected chi connectivity index (χ0v) is 12.7. The van der Waals surface area contributed by atoms with Gasteiger partial charge in [-0.05, 0) is 49.5 Å². The molecular weight excluding hydrogens is 276 g/mol. The minimum absolute atomic E-state index is 0.0630. The third kappa shape index (κ3) is 4.58. The number of aliphatic carboxylic acids is 1. The molecule has 2 aliphatic heterocycles. The average molecular weight is 300 g/mol. The van der Waals surface area contributed by atoms with Crippen LogP contribution in [0, 0.1) is 5.92 Å². The van der Waals surface area contributed by atoms with Crippen molar-refractivity contribution in [3.05, 3.63) is 0 Å². The summed E-state index contributed by atoms with van der Waals surface area (Å²) in [5, 5.41) is 11.9. The summed E-state index contributed by atoms with van der Waals surface area (Å²) in [6.45, 7) is 1.42. The summed E-state index contributed by atoms with van der Waals surface area (Å²) in [7, 11) is 0. The zero-order valence-electron chi connectivity index (χ0n) is 11.8. The van der Waals surface area contributed by atoms with Crippen molar-refractivity contribution in [1.29, 1.82) is 0 Å². The predicted octanol–water partition coefficient (Wildman–Crippen LogP) is 2.17. The first-order chi connectivity index (χ1) is 9.66. The summed E-state index contributed by atoms with van der Waals surface area (Å²) in [6, 6.07) is -0.211. The molecule has 2 N–H and O–H groups in total. The maximum Gasteiger partial charge on any atom is 0.317 e. The monoisotopic (exact) mass is 300 g/mol. The number of hydrogen-bond donors (Lipinski definition) is 2. The van der Waals surface area contributed by atoms with Crippen LogP contribution in [0.2, 0.25) is 0 Å². The number of urea groups is 1. The largest absolute Gasteiger partial charge is 0.481 e. The fourth-order valence-corrected chi connectivity index (χ4v) is 4.17. The van der Waals surface area contributed by atoms with E-state index >= 15 is 0 Å². The molecule has 0 aromatic carbocycles. The Morgan fingerprint density at radius 2 is 1.95 bits per heavy atom. The standard InChI is InChI=1S/C14H24N2O3S/c17-13(18)9-12-3-1-2-6-16(12)14(19)15-10-11-4-7-20-8-5-11/h11-12H,1-10H2,(H,15,19)(H,17,18). The summed E-state index contributed by atoms with van der Waals surface area (Å²) in [5.41, 5.74) is 0. The van der Waals surface area contributed by atoms with E-state index in [0.717, 1.165) is 25.8 Å². The Morgan fingerprint density at radius 3 is 2.65 bits per heavy atom. The fourth-order valence-electron chi connectivity index (χ4n) is 2.97. The molecule has 20 heavy (non-hydrogen) atoms. The van der Waals surface area contributed by atoms with E-state index in [0.29, 0.717) is 12.5 Å². The van der Waals surface area contributed by atoms with Crippen molar-refractivity contribution in [2.45, 2.75) is 44.6 Å². The molecule has 1 atom stereocenters. The van der Waals surface area contributed by atoms with Crippen LogP contribution in [0.5, 0.6) is 0 Å². The first kappa shape index (κ1) is 15.5. The quantitative estimate of drug-likeness (QED) is 0.835. The third-order valence-electron chi connectivity index (χ3n) is 4.18. The molecule has 2 heterocycles. The lowest BCUT2D eigenvalue weighted by molar-refractivity contribution is -0.138. The number of nitrogens with zero attached hydrogens (tertiary/aromatic N) is 1. The van der Waals surface area contributed by atoms with Gasteiger partial charge in [0.15, 0.2) is 0 Å². The molecule has 0 saturated carbocycles. The Morgan fingerprint density at radius 1 is 1.20 bits per heavy atom. The van der Waals surface area contributed by atoms with Crippen molar-refractivity contribution < 1.29 is 14.7 Å². The zero-order chi connectivity index (χ0) is 14.4. The van der Waals surface area contributed by atoms with Crippen molar-refractivity contribution in [2.75, 3.05) is 24.6 Å². The van der Waals surface area contributed by atoms with Crippen LogP contribution in [-0.4, -0.2) is 52.6 Å². The van der Waals surface area contributed by atoms with E-state index in [-0.39, 0.29) is 18.5 Å². The molecule has 114 valence electrons. The number of rotatable bonds is 4. The molecule has 2 saturated heterocycles. The summed E-state index contributed by atoms with van der Waals surface area (Å²) in [5.74, 6) is 2.14.